The second kappa shape index (κ2) is 8.59. The van der Waals surface area contributed by atoms with E-state index in [1.165, 1.54) is 12.5 Å². The quantitative estimate of drug-likeness (QED) is 0.463. The molecule has 0 saturated heterocycles. The molecule has 1 N–H and O–H groups in total. The van der Waals surface area contributed by atoms with Crippen LogP contribution in [0.1, 0.15) is 28.4 Å². The van der Waals surface area contributed by atoms with Crippen molar-refractivity contribution in [3.63, 3.8) is 0 Å². The van der Waals surface area contributed by atoms with Crippen LogP contribution in [0.4, 0.5) is 0 Å². The van der Waals surface area contributed by atoms with Crippen LogP contribution in [0.3, 0.4) is 0 Å². The Labute approximate surface area is 178 Å². The summed E-state index contributed by atoms with van der Waals surface area (Å²) in [7, 11) is 0. The Morgan fingerprint density at radius 3 is 2.81 bits per heavy atom. The Bertz CT molecular complexity index is 1290. The maximum Gasteiger partial charge on any atom is 0.349 e. The molecular weight excluding hydrogens is 396 g/mol. The van der Waals surface area contributed by atoms with Gasteiger partial charge >= 0.3 is 5.97 Å². The van der Waals surface area contributed by atoms with Crippen molar-refractivity contribution in [2.75, 3.05) is 0 Å². The molecule has 1 heterocycles. The highest BCUT2D eigenvalue weighted by Gasteiger charge is 2.25. The number of carboxylic acids is 1. The minimum atomic E-state index is -1.25. The van der Waals surface area contributed by atoms with Gasteiger partial charge in [-0.05, 0) is 42.3 Å². The first-order chi connectivity index (χ1) is 15.0. The third-order valence-corrected chi connectivity index (χ3v) is 4.81. The number of carboxylic acid groups (broad SMARTS) is 1. The second-order valence-corrected chi connectivity index (χ2v) is 6.91. The van der Waals surface area contributed by atoms with Gasteiger partial charge in [-0.2, -0.15) is 5.26 Å². The van der Waals surface area contributed by atoms with Gasteiger partial charge in [0.05, 0.1) is 5.56 Å². The highest BCUT2D eigenvalue weighted by atomic mass is 16.5. The summed E-state index contributed by atoms with van der Waals surface area (Å²) in [5, 5.41) is 19.2. The van der Waals surface area contributed by atoms with E-state index in [9.17, 15) is 15.2 Å². The van der Waals surface area contributed by atoms with Gasteiger partial charge < -0.3 is 19.0 Å². The number of nitrogens with zero attached hydrogens (tertiary/aromatic N) is 2. The molecule has 1 aromatic heterocycles. The summed E-state index contributed by atoms with van der Waals surface area (Å²) < 4.78 is 16.9. The number of rotatable bonds is 7. The minimum absolute atomic E-state index is 0.140. The summed E-state index contributed by atoms with van der Waals surface area (Å²) in [5.74, 6) is -0.563. The number of aliphatic carboxylic acids is 1. The number of hydrogen-bond donors (Lipinski definition) is 1. The molecule has 3 aromatic carbocycles. The van der Waals surface area contributed by atoms with E-state index in [-0.39, 0.29) is 17.9 Å². The highest BCUT2D eigenvalue weighted by molar-refractivity contribution is 5.75. The number of aryl methyl sites for hydroxylation is 1. The number of benzene rings is 3. The van der Waals surface area contributed by atoms with Gasteiger partial charge in [-0.3, -0.25) is 0 Å². The van der Waals surface area contributed by atoms with Crippen LogP contribution in [0.15, 0.2) is 71.5 Å². The Morgan fingerprint density at radius 1 is 1.19 bits per heavy atom. The van der Waals surface area contributed by atoms with Crippen LogP contribution >= 0.6 is 0 Å². The zero-order chi connectivity index (χ0) is 21.8. The monoisotopic (exact) mass is 414 g/mol. The van der Waals surface area contributed by atoms with Crippen molar-refractivity contribution in [2.45, 2.75) is 19.6 Å². The molecule has 4 aromatic rings. The summed E-state index contributed by atoms with van der Waals surface area (Å²) in [6, 6.07) is 19.4. The predicted octanol–water partition coefficient (Wildman–Crippen LogP) is 4.79. The molecule has 154 valence electrons. The van der Waals surface area contributed by atoms with E-state index in [0.29, 0.717) is 16.9 Å². The van der Waals surface area contributed by atoms with E-state index in [1.807, 2.05) is 43.3 Å². The lowest BCUT2D eigenvalue weighted by Crippen LogP contribution is -2.19. The maximum absolute atomic E-state index is 11.9. The zero-order valence-corrected chi connectivity index (χ0v) is 16.6. The molecule has 0 aliphatic carbocycles. The van der Waals surface area contributed by atoms with Crippen molar-refractivity contribution in [3.8, 4) is 17.6 Å². The largest absolute Gasteiger partial charge is 0.489 e. The molecule has 0 saturated carbocycles. The summed E-state index contributed by atoms with van der Waals surface area (Å²) in [5.41, 5.74) is 3.81. The molecule has 7 heteroatoms. The van der Waals surface area contributed by atoms with Gasteiger partial charge in [0.25, 0.3) is 0 Å². The van der Waals surface area contributed by atoms with E-state index in [1.54, 1.807) is 24.3 Å². The molecule has 0 spiro atoms. The molecule has 0 unspecified atom stereocenters. The van der Waals surface area contributed by atoms with Crippen LogP contribution in [0, 0.1) is 18.3 Å². The number of nitriles is 1. The van der Waals surface area contributed by atoms with Gasteiger partial charge in [0.2, 0.25) is 6.10 Å². The average Bonchev–Trinajstić information content (AvgIpc) is 3.24. The van der Waals surface area contributed by atoms with Gasteiger partial charge in [-0.15, -0.1) is 0 Å². The molecule has 31 heavy (non-hydrogen) atoms. The van der Waals surface area contributed by atoms with Crippen LogP contribution in [0.25, 0.3) is 11.1 Å². The van der Waals surface area contributed by atoms with E-state index >= 15 is 0 Å². The fraction of sp³-hybridized carbons (Fsp3) is 0.125. The van der Waals surface area contributed by atoms with E-state index in [2.05, 4.69) is 4.98 Å². The molecule has 1 atom stereocenters. The molecule has 0 radical (unpaired) electrons. The van der Waals surface area contributed by atoms with E-state index < -0.39 is 12.1 Å². The first kappa shape index (κ1) is 20.0. The fourth-order valence-corrected chi connectivity index (χ4v) is 3.19. The van der Waals surface area contributed by atoms with Crippen molar-refractivity contribution >= 4 is 17.1 Å². The molecule has 0 bridgehead atoms. The first-order valence-electron chi connectivity index (χ1n) is 9.49. The Balaban J connectivity index is 1.57. The third kappa shape index (κ3) is 4.33. The lowest BCUT2D eigenvalue weighted by Gasteiger charge is -2.19. The van der Waals surface area contributed by atoms with Crippen molar-refractivity contribution in [1.82, 2.24) is 4.98 Å². The van der Waals surface area contributed by atoms with Gasteiger partial charge in [0.1, 0.15) is 29.7 Å². The van der Waals surface area contributed by atoms with Crippen LogP contribution in [-0.4, -0.2) is 16.1 Å². The summed E-state index contributed by atoms with van der Waals surface area (Å²) in [4.78, 5) is 16.0. The van der Waals surface area contributed by atoms with Crippen molar-refractivity contribution in [1.29, 1.82) is 5.26 Å². The molecule has 0 fully saturated rings. The van der Waals surface area contributed by atoms with E-state index in [4.69, 9.17) is 13.9 Å². The topological polar surface area (TPSA) is 106 Å². The lowest BCUT2D eigenvalue weighted by atomic mass is 10.0. The normalized spacial score (nSPS) is 11.6. The van der Waals surface area contributed by atoms with Gasteiger partial charge in [-0.1, -0.05) is 30.3 Å². The van der Waals surface area contributed by atoms with Crippen LogP contribution in [0.2, 0.25) is 0 Å². The van der Waals surface area contributed by atoms with Crippen molar-refractivity contribution in [3.05, 3.63) is 89.3 Å². The fourth-order valence-electron chi connectivity index (χ4n) is 3.19. The molecular formula is C24H18N2O5. The zero-order valence-electron chi connectivity index (χ0n) is 16.6. The number of ether oxygens (including phenoxy) is 2. The minimum Gasteiger partial charge on any atom is -0.489 e. The van der Waals surface area contributed by atoms with Gasteiger partial charge in [0.15, 0.2) is 12.0 Å². The molecule has 7 nitrogen and oxygen atoms in total. The van der Waals surface area contributed by atoms with Crippen molar-refractivity contribution < 1.29 is 23.8 Å². The smallest absolute Gasteiger partial charge is 0.349 e. The number of fused-ring (bicyclic) bond motifs is 1. The Hall–Kier alpha value is -4.31. The standard InChI is InChI=1S/C24H18N2O5/c1-15-4-2-3-5-19(15)23(24(27)28)31-21-11-18(8-7-17(21)12-25)29-13-16-6-9-20-22(10-16)30-14-26-20/h2-11,14,23H,13H2,1H3,(H,27,28)/t23-/m1/s1. The highest BCUT2D eigenvalue weighted by Crippen LogP contribution is 2.31. The number of aromatic nitrogens is 1. The van der Waals surface area contributed by atoms with Gasteiger partial charge in [-0.25, -0.2) is 9.78 Å². The van der Waals surface area contributed by atoms with Crippen LogP contribution in [0.5, 0.6) is 11.5 Å². The second-order valence-electron chi connectivity index (χ2n) is 6.91. The SMILES string of the molecule is Cc1ccccc1[C@@H](Oc1cc(OCc2ccc3ncoc3c2)ccc1C#N)C(=O)O. The maximum atomic E-state index is 11.9. The Morgan fingerprint density at radius 2 is 2.03 bits per heavy atom. The van der Waals surface area contributed by atoms with Crippen LogP contribution in [-0.2, 0) is 11.4 Å². The Kier molecular flexibility index (Phi) is 5.54. The van der Waals surface area contributed by atoms with Gasteiger partial charge in [0, 0.05) is 11.6 Å². The number of carbonyl (C=O) groups is 1. The first-order valence-corrected chi connectivity index (χ1v) is 9.49. The third-order valence-electron chi connectivity index (χ3n) is 4.81. The average molecular weight is 414 g/mol. The number of oxazole rings is 1. The summed E-state index contributed by atoms with van der Waals surface area (Å²) >= 11 is 0. The number of hydrogen-bond acceptors (Lipinski definition) is 6. The lowest BCUT2D eigenvalue weighted by molar-refractivity contribution is -0.145. The molecule has 4 rings (SSSR count). The molecule has 0 aliphatic rings. The molecule has 0 amide bonds. The summed E-state index contributed by atoms with van der Waals surface area (Å²) in [6.45, 7) is 2.06. The van der Waals surface area contributed by atoms with E-state index in [0.717, 1.165) is 16.6 Å². The predicted molar refractivity (Wildman–Crippen MR) is 112 cm³/mol. The van der Waals surface area contributed by atoms with Crippen molar-refractivity contribution in [2.24, 2.45) is 0 Å². The summed E-state index contributed by atoms with van der Waals surface area (Å²) in [6.07, 6.45) is 0.129. The van der Waals surface area contributed by atoms with Crippen LogP contribution < -0.4 is 9.47 Å². The molecule has 0 aliphatic heterocycles.